The summed E-state index contributed by atoms with van der Waals surface area (Å²) in [6.45, 7) is 0.516. The summed E-state index contributed by atoms with van der Waals surface area (Å²) in [5.74, 6) is 0.783. The number of nitrogens with two attached hydrogens (primary N) is 1. The molecule has 0 atom stereocenters. The van der Waals surface area contributed by atoms with Crippen molar-refractivity contribution in [1.82, 2.24) is 25.5 Å². The van der Waals surface area contributed by atoms with E-state index < -0.39 is 5.91 Å². The Morgan fingerprint density at radius 1 is 1.10 bits per heavy atom. The summed E-state index contributed by atoms with van der Waals surface area (Å²) in [7, 11) is 1.56. The highest BCUT2D eigenvalue weighted by Gasteiger charge is 2.10. The fraction of sp³-hybridized carbons (Fsp3) is 0.211. The van der Waals surface area contributed by atoms with Gasteiger partial charge in [-0.25, -0.2) is 0 Å². The second-order valence-corrected chi connectivity index (χ2v) is 5.93. The Morgan fingerprint density at radius 2 is 1.83 bits per heavy atom. The summed E-state index contributed by atoms with van der Waals surface area (Å²) in [5, 5.41) is 14.7. The molecule has 10 heteroatoms. The number of hydrogen-bond acceptors (Lipinski definition) is 7. The number of tetrazole rings is 1. The van der Waals surface area contributed by atoms with Crippen molar-refractivity contribution in [2.24, 2.45) is 5.73 Å². The Balaban J connectivity index is 1.47. The number of methoxy groups -OCH3 is 1. The van der Waals surface area contributed by atoms with Crippen LogP contribution in [0.25, 0.3) is 11.4 Å². The highest BCUT2D eigenvalue weighted by atomic mass is 16.5. The Morgan fingerprint density at radius 3 is 2.52 bits per heavy atom. The molecule has 10 nitrogen and oxygen atoms in total. The molecular weight excluding hydrogens is 376 g/mol. The summed E-state index contributed by atoms with van der Waals surface area (Å²) >= 11 is 0. The van der Waals surface area contributed by atoms with Crippen LogP contribution in [0.3, 0.4) is 0 Å². The SMILES string of the molecule is COc1ccccc1OCCNC(=O)Cn1nnc(-c2ccc(C(N)=O)cc2)n1. The van der Waals surface area contributed by atoms with Crippen LogP contribution in [0.5, 0.6) is 11.5 Å². The summed E-state index contributed by atoms with van der Waals surface area (Å²) in [4.78, 5) is 24.3. The van der Waals surface area contributed by atoms with E-state index in [2.05, 4.69) is 20.7 Å². The number of carbonyl (C=O) groups is 2. The molecule has 1 aromatic heterocycles. The zero-order chi connectivity index (χ0) is 20.6. The van der Waals surface area contributed by atoms with Gasteiger partial charge in [-0.2, -0.15) is 4.80 Å². The molecule has 0 aliphatic carbocycles. The number of rotatable bonds is 9. The molecule has 2 aromatic carbocycles. The highest BCUT2D eigenvalue weighted by Crippen LogP contribution is 2.25. The maximum absolute atomic E-state index is 12.0. The van der Waals surface area contributed by atoms with Gasteiger partial charge in [0.25, 0.3) is 0 Å². The van der Waals surface area contributed by atoms with Crippen molar-refractivity contribution in [1.29, 1.82) is 0 Å². The molecule has 29 heavy (non-hydrogen) atoms. The molecule has 2 amide bonds. The molecule has 150 valence electrons. The largest absolute Gasteiger partial charge is 0.493 e. The summed E-state index contributed by atoms with van der Waals surface area (Å²) in [6, 6.07) is 13.7. The van der Waals surface area contributed by atoms with Crippen LogP contribution in [0.2, 0.25) is 0 Å². The van der Waals surface area contributed by atoms with Crippen molar-refractivity contribution in [3.63, 3.8) is 0 Å². The van der Waals surface area contributed by atoms with Gasteiger partial charge in [0.2, 0.25) is 17.6 Å². The Kier molecular flexibility index (Phi) is 6.36. The molecule has 0 saturated heterocycles. The van der Waals surface area contributed by atoms with Gasteiger partial charge in [-0.3, -0.25) is 9.59 Å². The maximum Gasteiger partial charge on any atom is 0.248 e. The van der Waals surface area contributed by atoms with E-state index in [1.165, 1.54) is 4.80 Å². The number of ether oxygens (including phenoxy) is 2. The molecular formula is C19H20N6O4. The Bertz CT molecular complexity index is 986. The fourth-order valence-corrected chi connectivity index (χ4v) is 2.48. The topological polar surface area (TPSA) is 134 Å². The van der Waals surface area contributed by atoms with Gasteiger partial charge >= 0.3 is 0 Å². The minimum Gasteiger partial charge on any atom is -0.493 e. The number of aromatic nitrogens is 4. The molecule has 0 fully saturated rings. The fourth-order valence-electron chi connectivity index (χ4n) is 2.48. The van der Waals surface area contributed by atoms with Crippen LogP contribution in [-0.2, 0) is 11.3 Å². The first-order chi connectivity index (χ1) is 14.1. The molecule has 1 heterocycles. The van der Waals surface area contributed by atoms with Gasteiger partial charge < -0.3 is 20.5 Å². The first-order valence-electron chi connectivity index (χ1n) is 8.77. The lowest BCUT2D eigenvalue weighted by Gasteiger charge is -2.10. The monoisotopic (exact) mass is 396 g/mol. The highest BCUT2D eigenvalue weighted by molar-refractivity contribution is 5.93. The van der Waals surface area contributed by atoms with Gasteiger partial charge in [0, 0.05) is 11.1 Å². The number of nitrogens with zero attached hydrogens (tertiary/aromatic N) is 4. The van der Waals surface area contributed by atoms with E-state index in [-0.39, 0.29) is 19.1 Å². The molecule has 0 spiro atoms. The lowest BCUT2D eigenvalue weighted by Crippen LogP contribution is -2.31. The van der Waals surface area contributed by atoms with E-state index in [4.69, 9.17) is 15.2 Å². The van der Waals surface area contributed by atoms with Crippen molar-refractivity contribution >= 4 is 11.8 Å². The van der Waals surface area contributed by atoms with E-state index in [9.17, 15) is 9.59 Å². The number of amides is 2. The van der Waals surface area contributed by atoms with Crippen LogP contribution in [0.1, 0.15) is 10.4 Å². The van der Waals surface area contributed by atoms with Crippen molar-refractivity contribution in [3.05, 3.63) is 54.1 Å². The van der Waals surface area contributed by atoms with Gasteiger partial charge in [0.05, 0.1) is 13.7 Å². The molecule has 3 N–H and O–H groups in total. The molecule has 3 rings (SSSR count). The lowest BCUT2D eigenvalue weighted by atomic mass is 10.1. The molecule has 0 aliphatic heterocycles. The predicted molar refractivity (Wildman–Crippen MR) is 103 cm³/mol. The molecule has 0 saturated carbocycles. The second-order valence-electron chi connectivity index (χ2n) is 5.93. The zero-order valence-electron chi connectivity index (χ0n) is 15.7. The number of primary amides is 1. The normalized spacial score (nSPS) is 10.4. The minimum absolute atomic E-state index is 0.0823. The Labute approximate surface area is 166 Å². The third-order valence-corrected chi connectivity index (χ3v) is 3.92. The molecule has 0 bridgehead atoms. The zero-order valence-corrected chi connectivity index (χ0v) is 15.7. The van der Waals surface area contributed by atoms with Crippen molar-refractivity contribution in [2.75, 3.05) is 20.3 Å². The quantitative estimate of drug-likeness (QED) is 0.507. The van der Waals surface area contributed by atoms with Gasteiger partial charge in [0.1, 0.15) is 13.2 Å². The van der Waals surface area contributed by atoms with Crippen LogP contribution in [0.4, 0.5) is 0 Å². The molecule has 0 unspecified atom stereocenters. The minimum atomic E-state index is -0.514. The molecule has 0 radical (unpaired) electrons. The number of nitrogens with one attached hydrogen (secondary N) is 1. The van der Waals surface area contributed by atoms with E-state index in [0.29, 0.717) is 35.0 Å². The Hall–Kier alpha value is -3.95. The summed E-state index contributed by atoms with van der Waals surface area (Å²) < 4.78 is 10.8. The number of hydrogen-bond donors (Lipinski definition) is 2. The molecule has 3 aromatic rings. The third-order valence-electron chi connectivity index (χ3n) is 3.92. The smallest absolute Gasteiger partial charge is 0.248 e. The average molecular weight is 396 g/mol. The summed E-state index contributed by atoms with van der Waals surface area (Å²) in [5.41, 5.74) is 6.26. The van der Waals surface area contributed by atoms with Gasteiger partial charge in [0.15, 0.2) is 11.5 Å². The first kappa shape index (κ1) is 19.8. The van der Waals surface area contributed by atoms with E-state index in [1.54, 1.807) is 43.5 Å². The average Bonchev–Trinajstić information content (AvgIpc) is 3.20. The second kappa shape index (κ2) is 9.31. The van der Waals surface area contributed by atoms with Crippen molar-refractivity contribution in [3.8, 4) is 22.9 Å². The number of para-hydroxylation sites is 2. The standard InChI is InChI=1S/C19H20N6O4/c1-28-15-4-2-3-5-16(15)29-11-10-21-17(26)12-25-23-19(22-24-25)14-8-6-13(7-9-14)18(20)27/h2-9H,10-12H2,1H3,(H2,20,27)(H,21,26). The maximum atomic E-state index is 12.0. The molecule has 0 aliphatic rings. The van der Waals surface area contributed by atoms with Crippen molar-refractivity contribution in [2.45, 2.75) is 6.54 Å². The van der Waals surface area contributed by atoms with Crippen LogP contribution < -0.4 is 20.5 Å². The summed E-state index contributed by atoms with van der Waals surface area (Å²) in [6.07, 6.45) is 0. The van der Waals surface area contributed by atoms with Gasteiger partial charge in [-0.15, -0.1) is 10.2 Å². The number of benzene rings is 2. The van der Waals surface area contributed by atoms with Gasteiger partial charge in [-0.1, -0.05) is 24.3 Å². The lowest BCUT2D eigenvalue weighted by molar-refractivity contribution is -0.122. The van der Waals surface area contributed by atoms with Crippen LogP contribution in [0.15, 0.2) is 48.5 Å². The van der Waals surface area contributed by atoms with Crippen molar-refractivity contribution < 1.29 is 19.1 Å². The van der Waals surface area contributed by atoms with Crippen LogP contribution >= 0.6 is 0 Å². The first-order valence-corrected chi connectivity index (χ1v) is 8.77. The van der Waals surface area contributed by atoms with Crippen LogP contribution in [0, 0.1) is 0 Å². The predicted octanol–water partition coefficient (Wildman–Crippen LogP) is 0.643. The van der Waals surface area contributed by atoms with Gasteiger partial charge in [-0.05, 0) is 29.5 Å². The van der Waals surface area contributed by atoms with E-state index in [0.717, 1.165) is 0 Å². The van der Waals surface area contributed by atoms with E-state index >= 15 is 0 Å². The van der Waals surface area contributed by atoms with E-state index in [1.807, 2.05) is 12.1 Å². The number of carbonyl (C=O) groups excluding carboxylic acids is 2. The van der Waals surface area contributed by atoms with Crippen LogP contribution in [-0.4, -0.2) is 52.3 Å². The third kappa shape index (κ3) is 5.28.